The fourth-order valence-electron chi connectivity index (χ4n) is 0.741. The highest BCUT2D eigenvalue weighted by Gasteiger charge is 2.34. The molecule has 0 saturated carbocycles. The number of halogens is 3. The Bertz CT molecular complexity index is 194. The highest BCUT2D eigenvalue weighted by molar-refractivity contribution is 9.10. The van der Waals surface area contributed by atoms with Crippen LogP contribution in [0.4, 0.5) is 8.78 Å². The van der Waals surface area contributed by atoms with Gasteiger partial charge in [0, 0.05) is 0 Å². The van der Waals surface area contributed by atoms with Crippen LogP contribution in [0.25, 0.3) is 0 Å². The average molecular weight is 209 g/mol. The third-order valence-electron chi connectivity index (χ3n) is 1.56. The van der Waals surface area contributed by atoms with E-state index in [9.17, 15) is 8.78 Å². The molecule has 2 atom stereocenters. The summed E-state index contributed by atoms with van der Waals surface area (Å²) in [7, 11) is 0. The first kappa shape index (κ1) is 7.92. The summed E-state index contributed by atoms with van der Waals surface area (Å²) in [5.74, 6) is -1.15. The summed E-state index contributed by atoms with van der Waals surface area (Å²) in [4.78, 5) is 0. The van der Waals surface area contributed by atoms with E-state index in [1.807, 2.05) is 0 Å². The van der Waals surface area contributed by atoms with Crippen LogP contribution in [-0.2, 0) is 0 Å². The second kappa shape index (κ2) is 2.46. The molecule has 0 radical (unpaired) electrons. The lowest BCUT2D eigenvalue weighted by Crippen LogP contribution is -2.23. The average Bonchev–Trinajstić information content (AvgIpc) is 1.83. The molecule has 0 aromatic heterocycles. The molecule has 0 aromatic rings. The van der Waals surface area contributed by atoms with E-state index in [-0.39, 0.29) is 0 Å². The molecule has 56 valence electrons. The van der Waals surface area contributed by atoms with E-state index < -0.39 is 16.3 Å². The normalized spacial score (nSPS) is 39.6. The molecule has 0 aliphatic heterocycles. The van der Waals surface area contributed by atoms with E-state index in [4.69, 9.17) is 0 Å². The van der Waals surface area contributed by atoms with Crippen molar-refractivity contribution in [2.24, 2.45) is 5.92 Å². The molecule has 1 aliphatic carbocycles. The molecule has 1 aliphatic rings. The molecule has 0 bridgehead atoms. The molecule has 0 aromatic carbocycles. The fourth-order valence-corrected chi connectivity index (χ4v) is 1.11. The Morgan fingerprint density at radius 3 is 2.70 bits per heavy atom. The van der Waals surface area contributed by atoms with E-state index in [0.717, 1.165) is 0 Å². The maximum atomic E-state index is 13.1. The number of alkyl halides is 2. The Balaban J connectivity index is 2.89. The van der Waals surface area contributed by atoms with Crippen molar-refractivity contribution in [3.8, 4) is 0 Å². The monoisotopic (exact) mass is 208 g/mol. The Labute approximate surface area is 66.7 Å². The first-order chi connectivity index (χ1) is 4.54. The second-order valence-electron chi connectivity index (χ2n) is 2.31. The molecule has 2 unspecified atom stereocenters. The van der Waals surface area contributed by atoms with Crippen molar-refractivity contribution in [2.75, 3.05) is 0 Å². The number of allylic oxidation sites excluding steroid dienone is 4. The Hall–Kier alpha value is -0.180. The van der Waals surface area contributed by atoms with E-state index in [1.165, 1.54) is 25.2 Å². The molecule has 0 nitrogen and oxygen atoms in total. The van der Waals surface area contributed by atoms with Gasteiger partial charge >= 0.3 is 0 Å². The highest BCUT2D eigenvalue weighted by Crippen LogP contribution is 2.38. The van der Waals surface area contributed by atoms with E-state index in [0.29, 0.717) is 0 Å². The van der Waals surface area contributed by atoms with Gasteiger partial charge in [0.15, 0.2) is 4.58 Å². The summed E-state index contributed by atoms with van der Waals surface area (Å²) in [6.45, 7) is 1.49. The molecule has 0 spiro atoms. The van der Waals surface area contributed by atoms with Gasteiger partial charge < -0.3 is 0 Å². The van der Waals surface area contributed by atoms with Crippen LogP contribution in [0.1, 0.15) is 6.92 Å². The standard InChI is InChI=1S/C7H7BrF2/c1-5-6(9)3-2-4-7(5,8)10/h2-5H,1H3. The molecule has 0 saturated heterocycles. The molecule has 0 fully saturated rings. The molecular weight excluding hydrogens is 202 g/mol. The highest BCUT2D eigenvalue weighted by atomic mass is 79.9. The van der Waals surface area contributed by atoms with E-state index >= 15 is 0 Å². The largest absolute Gasteiger partial charge is 0.226 e. The topological polar surface area (TPSA) is 0 Å². The Morgan fingerprint density at radius 2 is 2.30 bits per heavy atom. The lowest BCUT2D eigenvalue weighted by Gasteiger charge is -2.23. The maximum Gasteiger partial charge on any atom is 0.192 e. The summed E-state index contributed by atoms with van der Waals surface area (Å²) in [6, 6.07) is 0. The van der Waals surface area contributed by atoms with E-state index in [2.05, 4.69) is 15.9 Å². The quantitative estimate of drug-likeness (QED) is 0.537. The smallest absolute Gasteiger partial charge is 0.192 e. The van der Waals surface area contributed by atoms with Crippen LogP contribution in [0.3, 0.4) is 0 Å². The first-order valence-corrected chi connectivity index (χ1v) is 3.76. The van der Waals surface area contributed by atoms with Gasteiger partial charge in [0.25, 0.3) is 0 Å². The van der Waals surface area contributed by atoms with Gasteiger partial charge in [-0.15, -0.1) is 0 Å². The zero-order valence-electron chi connectivity index (χ0n) is 5.44. The van der Waals surface area contributed by atoms with Gasteiger partial charge in [-0.1, -0.05) is 13.0 Å². The molecule has 0 N–H and O–H groups in total. The van der Waals surface area contributed by atoms with Gasteiger partial charge in [0.1, 0.15) is 5.83 Å². The molecule has 0 heterocycles. The minimum Gasteiger partial charge on any atom is -0.226 e. The van der Waals surface area contributed by atoms with Crippen LogP contribution in [0.5, 0.6) is 0 Å². The Kier molecular flexibility index (Phi) is 1.95. The van der Waals surface area contributed by atoms with Crippen LogP contribution >= 0.6 is 15.9 Å². The summed E-state index contributed by atoms with van der Waals surface area (Å²) in [5.41, 5.74) is 0. The number of rotatable bonds is 0. The summed E-state index contributed by atoms with van der Waals surface area (Å²) in [6.07, 6.45) is 3.93. The minimum absolute atomic E-state index is 0.429. The minimum atomic E-state index is -1.70. The lowest BCUT2D eigenvalue weighted by atomic mass is 10.00. The van der Waals surface area contributed by atoms with Crippen molar-refractivity contribution in [3.05, 3.63) is 24.1 Å². The van der Waals surface area contributed by atoms with Crippen LogP contribution < -0.4 is 0 Å². The van der Waals surface area contributed by atoms with Gasteiger partial charge in [-0.3, -0.25) is 0 Å². The number of hydrogen-bond donors (Lipinski definition) is 0. The lowest BCUT2D eigenvalue weighted by molar-refractivity contribution is 0.262. The molecule has 10 heavy (non-hydrogen) atoms. The van der Waals surface area contributed by atoms with Gasteiger partial charge in [-0.25, -0.2) is 8.78 Å². The maximum absolute atomic E-state index is 13.1. The van der Waals surface area contributed by atoms with Crippen LogP contribution in [-0.4, -0.2) is 4.58 Å². The summed E-state index contributed by atoms with van der Waals surface area (Å²) < 4.78 is 24.0. The summed E-state index contributed by atoms with van der Waals surface area (Å²) in [5, 5.41) is 0. The van der Waals surface area contributed by atoms with Crippen LogP contribution in [0, 0.1) is 5.92 Å². The number of hydrogen-bond acceptors (Lipinski definition) is 0. The summed E-state index contributed by atoms with van der Waals surface area (Å²) >= 11 is 2.76. The first-order valence-electron chi connectivity index (χ1n) is 2.97. The SMILES string of the molecule is CC1C(F)=CC=CC1(F)Br. The van der Waals surface area contributed by atoms with Crippen molar-refractivity contribution in [1.29, 1.82) is 0 Å². The predicted molar refractivity (Wildman–Crippen MR) is 40.3 cm³/mol. The van der Waals surface area contributed by atoms with Crippen molar-refractivity contribution >= 4 is 15.9 Å². The van der Waals surface area contributed by atoms with E-state index in [1.54, 1.807) is 0 Å². The van der Waals surface area contributed by atoms with Crippen molar-refractivity contribution < 1.29 is 8.78 Å². The molecular formula is C7H7BrF2. The van der Waals surface area contributed by atoms with Gasteiger partial charge in [-0.2, -0.15) is 0 Å². The zero-order chi connectivity index (χ0) is 7.78. The molecule has 0 amide bonds. The predicted octanol–water partition coefficient (Wildman–Crippen LogP) is 3.11. The molecule has 3 heteroatoms. The van der Waals surface area contributed by atoms with Gasteiger partial charge in [0.05, 0.1) is 5.92 Å². The van der Waals surface area contributed by atoms with Crippen molar-refractivity contribution in [1.82, 2.24) is 0 Å². The fraction of sp³-hybridized carbons (Fsp3) is 0.429. The van der Waals surface area contributed by atoms with Crippen molar-refractivity contribution in [3.63, 3.8) is 0 Å². The van der Waals surface area contributed by atoms with Gasteiger partial charge in [0.2, 0.25) is 0 Å². The Morgan fingerprint density at radius 1 is 1.70 bits per heavy atom. The van der Waals surface area contributed by atoms with Crippen molar-refractivity contribution in [2.45, 2.75) is 11.5 Å². The van der Waals surface area contributed by atoms with Crippen LogP contribution in [0.15, 0.2) is 24.1 Å². The molecule has 1 rings (SSSR count). The third kappa shape index (κ3) is 1.29. The second-order valence-corrected chi connectivity index (χ2v) is 3.52. The zero-order valence-corrected chi connectivity index (χ0v) is 7.03. The van der Waals surface area contributed by atoms with Gasteiger partial charge in [-0.05, 0) is 28.1 Å². The van der Waals surface area contributed by atoms with Crippen LogP contribution in [0.2, 0.25) is 0 Å². The third-order valence-corrected chi connectivity index (χ3v) is 2.52.